The Hall–Kier alpha value is -1.96. The lowest BCUT2D eigenvalue weighted by molar-refractivity contribution is -0.231. The molecule has 0 aliphatic carbocycles. The molecule has 0 spiro atoms. The highest BCUT2D eigenvalue weighted by Crippen LogP contribution is 2.41. The van der Waals surface area contributed by atoms with Crippen LogP contribution in [-0.4, -0.2) is 58.1 Å². The fourth-order valence-electron chi connectivity index (χ4n) is 4.34. The van der Waals surface area contributed by atoms with E-state index in [0.29, 0.717) is 12.2 Å². The van der Waals surface area contributed by atoms with Gasteiger partial charge in [-0.1, -0.05) is 37.3 Å². The highest BCUT2D eigenvalue weighted by Gasteiger charge is 2.44. The fourth-order valence-corrected chi connectivity index (χ4v) is 4.34. The molecule has 2 aromatic carbocycles. The van der Waals surface area contributed by atoms with Crippen LogP contribution in [0.4, 0.5) is 0 Å². The maximum Gasteiger partial charge on any atom is 0.123 e. The van der Waals surface area contributed by atoms with Gasteiger partial charge in [-0.15, -0.1) is 0 Å². The smallest absolute Gasteiger partial charge is 0.123 e. The second-order valence-electron chi connectivity index (χ2n) is 7.84. The molecule has 2 aromatic rings. The van der Waals surface area contributed by atoms with Crippen LogP contribution in [0.2, 0.25) is 0 Å². The molecule has 0 saturated carbocycles. The third-order valence-corrected chi connectivity index (χ3v) is 6.06. The van der Waals surface area contributed by atoms with Crippen molar-refractivity contribution in [2.24, 2.45) is 0 Å². The summed E-state index contributed by atoms with van der Waals surface area (Å²) in [5, 5.41) is 40.1. The van der Waals surface area contributed by atoms with Crippen LogP contribution in [0.25, 0.3) is 0 Å². The van der Waals surface area contributed by atoms with Gasteiger partial charge in [0.1, 0.15) is 36.3 Å². The number of rotatable bonds is 4. The van der Waals surface area contributed by atoms with E-state index in [0.717, 1.165) is 24.2 Å². The summed E-state index contributed by atoms with van der Waals surface area (Å²) < 4.78 is 11.6. The van der Waals surface area contributed by atoms with Gasteiger partial charge in [-0.25, -0.2) is 0 Å². The van der Waals surface area contributed by atoms with Crippen molar-refractivity contribution >= 4 is 0 Å². The van der Waals surface area contributed by atoms with E-state index in [-0.39, 0.29) is 5.92 Å². The molecule has 6 heteroatoms. The number of benzene rings is 2. The molecule has 156 valence electrons. The van der Waals surface area contributed by atoms with Gasteiger partial charge >= 0.3 is 0 Å². The van der Waals surface area contributed by atoms with Gasteiger partial charge in [0.25, 0.3) is 0 Å². The monoisotopic (exact) mass is 400 g/mol. The topological polar surface area (TPSA) is 99.4 Å². The zero-order valence-corrected chi connectivity index (χ0v) is 16.4. The van der Waals surface area contributed by atoms with Gasteiger partial charge in [0, 0.05) is 11.5 Å². The van der Waals surface area contributed by atoms with Crippen molar-refractivity contribution in [3.05, 3.63) is 64.7 Å². The zero-order chi connectivity index (χ0) is 20.5. The van der Waals surface area contributed by atoms with E-state index < -0.39 is 37.1 Å². The third kappa shape index (κ3) is 3.79. The molecule has 3 unspecified atom stereocenters. The van der Waals surface area contributed by atoms with Gasteiger partial charge in [-0.2, -0.15) is 0 Å². The normalized spacial score (nSPS) is 31.8. The summed E-state index contributed by atoms with van der Waals surface area (Å²) in [6.07, 6.45) is -4.01. The lowest BCUT2D eigenvalue weighted by atomic mass is 9.83. The molecule has 6 atom stereocenters. The Morgan fingerprint density at radius 1 is 0.966 bits per heavy atom. The summed E-state index contributed by atoms with van der Waals surface area (Å²) in [5.74, 6) is 0.964. The number of hydrogen-bond acceptors (Lipinski definition) is 6. The Morgan fingerprint density at radius 2 is 1.79 bits per heavy atom. The average Bonchev–Trinajstić information content (AvgIpc) is 2.77. The van der Waals surface area contributed by atoms with Gasteiger partial charge < -0.3 is 29.9 Å². The minimum absolute atomic E-state index is 0.162. The quantitative estimate of drug-likeness (QED) is 0.623. The second kappa shape index (κ2) is 8.42. The first kappa shape index (κ1) is 20.3. The Bertz CT molecular complexity index is 851. The molecule has 4 rings (SSSR count). The van der Waals surface area contributed by atoms with Crippen LogP contribution in [-0.2, 0) is 11.2 Å². The molecule has 6 nitrogen and oxygen atoms in total. The molecular formula is C23H28O6. The Balaban J connectivity index is 1.70. The summed E-state index contributed by atoms with van der Waals surface area (Å²) in [6, 6.07) is 14.2. The van der Waals surface area contributed by atoms with E-state index in [9.17, 15) is 20.4 Å². The van der Waals surface area contributed by atoms with E-state index in [4.69, 9.17) is 9.47 Å². The van der Waals surface area contributed by atoms with Crippen LogP contribution in [0.5, 0.6) is 5.75 Å². The van der Waals surface area contributed by atoms with E-state index >= 15 is 0 Å². The molecule has 4 N–H and O–H groups in total. The van der Waals surface area contributed by atoms with Crippen molar-refractivity contribution in [3.8, 4) is 5.75 Å². The van der Waals surface area contributed by atoms with Gasteiger partial charge in [0.15, 0.2) is 0 Å². The zero-order valence-electron chi connectivity index (χ0n) is 16.4. The van der Waals surface area contributed by atoms with Gasteiger partial charge in [-0.05, 0) is 41.7 Å². The first-order valence-corrected chi connectivity index (χ1v) is 10.2. The Labute approximate surface area is 170 Å². The second-order valence-corrected chi connectivity index (χ2v) is 7.84. The standard InChI is InChI=1S/C23H28O6/c1-2-13-4-3-5-14(10-13)16-8-9-28-18-7-6-15(11-17(16)18)23-22(27)21(26)20(25)19(12-24)29-23/h3-7,10-11,16,19-27H,2,8-9,12H2,1H3/t16?,19-,20-,21+,22?,23?/m1/s1. The first-order valence-electron chi connectivity index (χ1n) is 10.2. The maximum atomic E-state index is 10.5. The summed E-state index contributed by atoms with van der Waals surface area (Å²) in [5.41, 5.74) is 4.20. The minimum atomic E-state index is -1.39. The molecule has 1 fully saturated rings. The van der Waals surface area contributed by atoms with Crippen LogP contribution in [0.15, 0.2) is 42.5 Å². The third-order valence-electron chi connectivity index (χ3n) is 6.06. The number of fused-ring (bicyclic) bond motifs is 1. The van der Waals surface area contributed by atoms with Crippen LogP contribution in [0.3, 0.4) is 0 Å². The van der Waals surface area contributed by atoms with E-state index in [1.165, 1.54) is 11.1 Å². The highest BCUT2D eigenvalue weighted by molar-refractivity contribution is 5.47. The number of ether oxygens (including phenoxy) is 2. The van der Waals surface area contributed by atoms with Crippen molar-refractivity contribution in [2.45, 2.75) is 56.2 Å². The fraction of sp³-hybridized carbons (Fsp3) is 0.478. The summed E-state index contributed by atoms with van der Waals surface area (Å²) in [4.78, 5) is 0. The number of aryl methyl sites for hydroxylation is 1. The Kier molecular flexibility index (Phi) is 5.90. The number of aliphatic hydroxyl groups is 4. The molecule has 2 aliphatic heterocycles. The predicted molar refractivity (Wildman–Crippen MR) is 107 cm³/mol. The minimum Gasteiger partial charge on any atom is -0.493 e. The van der Waals surface area contributed by atoms with Gasteiger partial charge in [-0.3, -0.25) is 0 Å². The SMILES string of the molecule is CCc1cccc(C2CCOc3ccc(C4O[C@H](CO)[C@@H](O)[C@H](O)C4O)cc32)c1. The van der Waals surface area contributed by atoms with E-state index in [1.807, 2.05) is 12.1 Å². The van der Waals surface area contributed by atoms with E-state index in [2.05, 4.69) is 31.2 Å². The van der Waals surface area contributed by atoms with Crippen molar-refractivity contribution in [1.29, 1.82) is 0 Å². The number of aliphatic hydroxyl groups excluding tert-OH is 4. The van der Waals surface area contributed by atoms with Crippen LogP contribution in [0, 0.1) is 0 Å². The predicted octanol–water partition coefficient (Wildman–Crippen LogP) is 1.68. The van der Waals surface area contributed by atoms with Crippen molar-refractivity contribution in [2.75, 3.05) is 13.2 Å². The van der Waals surface area contributed by atoms with Crippen molar-refractivity contribution in [1.82, 2.24) is 0 Å². The lowest BCUT2D eigenvalue weighted by Gasteiger charge is -2.40. The lowest BCUT2D eigenvalue weighted by Crippen LogP contribution is -2.55. The first-order chi connectivity index (χ1) is 14.0. The van der Waals surface area contributed by atoms with Gasteiger partial charge in [0.2, 0.25) is 0 Å². The summed E-state index contributed by atoms with van der Waals surface area (Å²) >= 11 is 0. The van der Waals surface area contributed by atoms with Crippen molar-refractivity contribution in [3.63, 3.8) is 0 Å². The highest BCUT2D eigenvalue weighted by atomic mass is 16.5. The molecule has 1 saturated heterocycles. The van der Waals surface area contributed by atoms with Crippen molar-refractivity contribution < 1.29 is 29.9 Å². The van der Waals surface area contributed by atoms with Crippen LogP contribution in [0.1, 0.15) is 47.6 Å². The Morgan fingerprint density at radius 3 is 2.55 bits per heavy atom. The molecule has 0 radical (unpaired) electrons. The molecular weight excluding hydrogens is 372 g/mol. The number of hydrogen-bond donors (Lipinski definition) is 4. The van der Waals surface area contributed by atoms with E-state index in [1.54, 1.807) is 6.07 Å². The van der Waals surface area contributed by atoms with Crippen LogP contribution >= 0.6 is 0 Å². The van der Waals surface area contributed by atoms with Crippen LogP contribution < -0.4 is 4.74 Å². The van der Waals surface area contributed by atoms with Gasteiger partial charge in [0.05, 0.1) is 13.2 Å². The largest absolute Gasteiger partial charge is 0.493 e. The average molecular weight is 400 g/mol. The maximum absolute atomic E-state index is 10.5. The molecule has 2 heterocycles. The summed E-state index contributed by atoms with van der Waals surface area (Å²) in [6.45, 7) is 2.32. The molecule has 0 amide bonds. The molecule has 2 aliphatic rings. The molecule has 0 bridgehead atoms. The molecule has 0 aromatic heterocycles. The summed E-state index contributed by atoms with van der Waals surface area (Å²) in [7, 11) is 0. The molecule has 29 heavy (non-hydrogen) atoms.